The second-order valence-corrected chi connectivity index (χ2v) is 4.74. The normalized spacial score (nSPS) is 10.6. The second-order valence-electron chi connectivity index (χ2n) is 4.35. The van der Waals surface area contributed by atoms with Gasteiger partial charge in [0.25, 0.3) is 0 Å². The fourth-order valence-electron chi connectivity index (χ4n) is 1.91. The molecule has 100 valence electrons. The summed E-state index contributed by atoms with van der Waals surface area (Å²) in [6, 6.07) is 8.97. The number of carbonyl (C=O) groups is 1. The van der Waals surface area contributed by atoms with Gasteiger partial charge in [-0.15, -0.1) is 0 Å². The number of aromatic nitrogens is 1. The fourth-order valence-corrected chi connectivity index (χ4v) is 2.11. The number of para-hydroxylation sites is 1. The summed E-state index contributed by atoms with van der Waals surface area (Å²) >= 11 is 5.93. The third-order valence-electron chi connectivity index (χ3n) is 2.89. The number of ether oxygens (including phenoxy) is 1. The van der Waals surface area contributed by atoms with Crippen LogP contribution >= 0.6 is 11.6 Å². The molecule has 0 unspecified atom stereocenters. The van der Waals surface area contributed by atoms with Crippen LogP contribution in [-0.2, 0) is 4.74 Å². The quantitative estimate of drug-likeness (QED) is 0.466. The molecule has 0 saturated carbocycles. The van der Waals surface area contributed by atoms with Gasteiger partial charge in [0.15, 0.2) is 0 Å². The molecule has 0 N–H and O–H groups in total. The molecule has 0 spiro atoms. The summed E-state index contributed by atoms with van der Waals surface area (Å²) in [7, 11) is 0. The molecule has 3 nitrogen and oxygen atoms in total. The van der Waals surface area contributed by atoms with Crippen molar-refractivity contribution in [2.24, 2.45) is 0 Å². The van der Waals surface area contributed by atoms with Gasteiger partial charge in [-0.05, 0) is 18.6 Å². The molecule has 1 heterocycles. The smallest absolute Gasteiger partial charge is 0.338 e. The van der Waals surface area contributed by atoms with Crippen molar-refractivity contribution in [1.29, 1.82) is 0 Å². The SMILES string of the molecule is CCCCCOC(=O)c1cc(Cl)nc2ccccc12. The van der Waals surface area contributed by atoms with E-state index >= 15 is 0 Å². The number of unbranched alkanes of at least 4 members (excludes halogenated alkanes) is 2. The van der Waals surface area contributed by atoms with Crippen LogP contribution in [0.2, 0.25) is 5.15 Å². The number of benzene rings is 1. The van der Waals surface area contributed by atoms with E-state index in [2.05, 4.69) is 11.9 Å². The van der Waals surface area contributed by atoms with Crippen molar-refractivity contribution in [2.45, 2.75) is 26.2 Å². The molecule has 0 radical (unpaired) electrons. The molecule has 0 atom stereocenters. The van der Waals surface area contributed by atoms with E-state index in [4.69, 9.17) is 16.3 Å². The Labute approximate surface area is 117 Å². The molecule has 0 aliphatic rings. The molecule has 4 heteroatoms. The van der Waals surface area contributed by atoms with Crippen molar-refractivity contribution in [1.82, 2.24) is 4.98 Å². The first-order valence-electron chi connectivity index (χ1n) is 6.44. The Morgan fingerprint density at radius 2 is 2.11 bits per heavy atom. The molecule has 0 amide bonds. The van der Waals surface area contributed by atoms with Gasteiger partial charge in [0.05, 0.1) is 17.7 Å². The van der Waals surface area contributed by atoms with Gasteiger partial charge >= 0.3 is 5.97 Å². The van der Waals surface area contributed by atoms with E-state index in [0.717, 1.165) is 24.6 Å². The average molecular weight is 278 g/mol. The Balaban J connectivity index is 2.21. The molecule has 2 rings (SSSR count). The number of nitrogens with zero attached hydrogens (tertiary/aromatic N) is 1. The topological polar surface area (TPSA) is 39.2 Å². The molecule has 0 aliphatic heterocycles. The maximum Gasteiger partial charge on any atom is 0.338 e. The van der Waals surface area contributed by atoms with Gasteiger partial charge < -0.3 is 4.74 Å². The number of pyridine rings is 1. The minimum atomic E-state index is -0.336. The van der Waals surface area contributed by atoms with E-state index in [0.29, 0.717) is 22.8 Å². The lowest BCUT2D eigenvalue weighted by atomic mass is 10.1. The van der Waals surface area contributed by atoms with Crippen LogP contribution in [0.5, 0.6) is 0 Å². The summed E-state index contributed by atoms with van der Waals surface area (Å²) in [5.41, 5.74) is 1.18. The van der Waals surface area contributed by atoms with Crippen molar-refractivity contribution < 1.29 is 9.53 Å². The van der Waals surface area contributed by atoms with Crippen molar-refractivity contribution >= 4 is 28.5 Å². The lowest BCUT2D eigenvalue weighted by Crippen LogP contribution is -2.07. The average Bonchev–Trinajstić information content (AvgIpc) is 2.42. The van der Waals surface area contributed by atoms with Crippen molar-refractivity contribution in [3.63, 3.8) is 0 Å². The zero-order valence-corrected chi connectivity index (χ0v) is 11.6. The van der Waals surface area contributed by atoms with Gasteiger partial charge in [0, 0.05) is 5.39 Å². The summed E-state index contributed by atoms with van der Waals surface area (Å²) in [6.45, 7) is 2.55. The first-order valence-corrected chi connectivity index (χ1v) is 6.82. The number of esters is 1. The second kappa shape index (κ2) is 6.53. The zero-order chi connectivity index (χ0) is 13.7. The van der Waals surface area contributed by atoms with E-state index in [1.54, 1.807) is 6.07 Å². The Bertz CT molecular complexity index is 583. The summed E-state index contributed by atoms with van der Waals surface area (Å²) in [4.78, 5) is 16.3. The van der Waals surface area contributed by atoms with Crippen LogP contribution in [-0.4, -0.2) is 17.6 Å². The van der Waals surface area contributed by atoms with Gasteiger partial charge in [0.1, 0.15) is 5.15 Å². The predicted octanol–water partition coefficient (Wildman–Crippen LogP) is 4.24. The third-order valence-corrected chi connectivity index (χ3v) is 3.08. The van der Waals surface area contributed by atoms with Crippen LogP contribution in [0.15, 0.2) is 30.3 Å². The Morgan fingerprint density at radius 1 is 1.32 bits per heavy atom. The number of fused-ring (bicyclic) bond motifs is 1. The Kier molecular flexibility index (Phi) is 4.74. The number of hydrogen-bond acceptors (Lipinski definition) is 3. The van der Waals surface area contributed by atoms with Crippen LogP contribution in [0.1, 0.15) is 36.5 Å². The van der Waals surface area contributed by atoms with Crippen LogP contribution in [0.4, 0.5) is 0 Å². The highest BCUT2D eigenvalue weighted by molar-refractivity contribution is 6.30. The van der Waals surface area contributed by atoms with Crippen LogP contribution in [0.25, 0.3) is 10.9 Å². The largest absolute Gasteiger partial charge is 0.462 e. The van der Waals surface area contributed by atoms with Crippen molar-refractivity contribution in [3.8, 4) is 0 Å². The molecular formula is C15H16ClNO2. The van der Waals surface area contributed by atoms with Gasteiger partial charge in [-0.3, -0.25) is 0 Å². The standard InChI is InChI=1S/C15H16ClNO2/c1-2-3-6-9-19-15(18)12-10-14(16)17-13-8-5-4-7-11(12)13/h4-5,7-8,10H,2-3,6,9H2,1H3. The fraction of sp³-hybridized carbons (Fsp3) is 0.333. The van der Waals surface area contributed by atoms with Crippen LogP contribution in [0.3, 0.4) is 0 Å². The number of rotatable bonds is 5. The molecule has 2 aromatic rings. The van der Waals surface area contributed by atoms with E-state index in [1.165, 1.54) is 0 Å². The van der Waals surface area contributed by atoms with Gasteiger partial charge in [-0.2, -0.15) is 0 Å². The highest BCUT2D eigenvalue weighted by atomic mass is 35.5. The van der Waals surface area contributed by atoms with E-state index in [-0.39, 0.29) is 5.97 Å². The predicted molar refractivity (Wildman–Crippen MR) is 76.6 cm³/mol. The molecule has 1 aromatic heterocycles. The Morgan fingerprint density at radius 3 is 2.89 bits per heavy atom. The summed E-state index contributed by atoms with van der Waals surface area (Å²) in [5, 5.41) is 1.08. The minimum Gasteiger partial charge on any atom is -0.462 e. The number of carbonyl (C=O) groups excluding carboxylic acids is 1. The maximum atomic E-state index is 12.1. The molecular weight excluding hydrogens is 262 g/mol. The maximum absolute atomic E-state index is 12.1. The Hall–Kier alpha value is -1.61. The van der Waals surface area contributed by atoms with Crippen LogP contribution in [0, 0.1) is 0 Å². The van der Waals surface area contributed by atoms with E-state index in [1.807, 2.05) is 24.3 Å². The molecule has 0 fully saturated rings. The summed E-state index contributed by atoms with van der Waals surface area (Å²) in [6.07, 6.45) is 3.05. The first kappa shape index (κ1) is 13.8. The number of halogens is 1. The highest BCUT2D eigenvalue weighted by Gasteiger charge is 2.13. The molecule has 0 aliphatic carbocycles. The third kappa shape index (κ3) is 3.44. The van der Waals surface area contributed by atoms with Gasteiger partial charge in [-0.25, -0.2) is 9.78 Å². The summed E-state index contributed by atoms with van der Waals surface area (Å²) in [5.74, 6) is -0.336. The zero-order valence-electron chi connectivity index (χ0n) is 10.9. The minimum absolute atomic E-state index is 0.305. The first-order chi connectivity index (χ1) is 9.22. The number of hydrogen-bond donors (Lipinski definition) is 0. The molecule has 0 bridgehead atoms. The van der Waals surface area contributed by atoms with Gasteiger partial charge in [-0.1, -0.05) is 49.6 Å². The van der Waals surface area contributed by atoms with Crippen molar-refractivity contribution in [3.05, 3.63) is 41.0 Å². The van der Waals surface area contributed by atoms with E-state index < -0.39 is 0 Å². The van der Waals surface area contributed by atoms with Crippen LogP contribution < -0.4 is 0 Å². The molecule has 1 aromatic carbocycles. The van der Waals surface area contributed by atoms with E-state index in [9.17, 15) is 4.79 Å². The highest BCUT2D eigenvalue weighted by Crippen LogP contribution is 2.21. The monoisotopic (exact) mass is 277 g/mol. The lowest BCUT2D eigenvalue weighted by Gasteiger charge is -2.07. The molecule has 19 heavy (non-hydrogen) atoms. The van der Waals surface area contributed by atoms with Crippen molar-refractivity contribution in [2.75, 3.05) is 6.61 Å². The summed E-state index contributed by atoms with van der Waals surface area (Å²) < 4.78 is 5.27. The van der Waals surface area contributed by atoms with Gasteiger partial charge in [0.2, 0.25) is 0 Å². The molecule has 0 saturated heterocycles. The lowest BCUT2D eigenvalue weighted by molar-refractivity contribution is 0.0500.